The van der Waals surface area contributed by atoms with Crippen LogP contribution in [0.4, 0.5) is 11.6 Å². The van der Waals surface area contributed by atoms with Gasteiger partial charge >= 0.3 is 0 Å². The van der Waals surface area contributed by atoms with Gasteiger partial charge in [0, 0.05) is 7.05 Å². The van der Waals surface area contributed by atoms with Crippen LogP contribution in [-0.4, -0.2) is 25.2 Å². The summed E-state index contributed by atoms with van der Waals surface area (Å²) in [6.45, 7) is 3.13. The Kier molecular flexibility index (Phi) is 5.53. The number of ether oxygens (including phenoxy) is 1. The Morgan fingerprint density at radius 3 is 2.62 bits per heavy atom. The Labute approximate surface area is 134 Å². The molecule has 1 aromatic carbocycles. The van der Waals surface area contributed by atoms with Gasteiger partial charge in [-0.1, -0.05) is 35.3 Å². The maximum absolute atomic E-state index is 6.10. The van der Waals surface area contributed by atoms with Crippen LogP contribution in [0, 0.1) is 6.92 Å². The minimum Gasteiger partial charge on any atom is -0.492 e. The van der Waals surface area contributed by atoms with Crippen LogP contribution in [0.2, 0.25) is 10.0 Å². The molecule has 1 aromatic heterocycles. The zero-order valence-corrected chi connectivity index (χ0v) is 13.4. The van der Waals surface area contributed by atoms with E-state index >= 15 is 0 Å². The molecule has 0 aliphatic rings. The zero-order valence-electron chi connectivity index (χ0n) is 11.9. The van der Waals surface area contributed by atoms with Crippen LogP contribution in [0.1, 0.15) is 5.56 Å². The summed E-state index contributed by atoms with van der Waals surface area (Å²) in [4.78, 5) is 4.31. The summed E-state index contributed by atoms with van der Waals surface area (Å²) in [6, 6.07) is 9.58. The normalized spacial score (nSPS) is 10.3. The number of nitrogens with one attached hydrogen (secondary N) is 2. The summed E-state index contributed by atoms with van der Waals surface area (Å²) in [6.07, 6.45) is 0. The van der Waals surface area contributed by atoms with Gasteiger partial charge in [0.05, 0.1) is 16.6 Å². The minimum atomic E-state index is 0.481. The van der Waals surface area contributed by atoms with E-state index in [1.54, 1.807) is 13.1 Å². The molecule has 6 heteroatoms. The molecule has 0 aliphatic carbocycles. The van der Waals surface area contributed by atoms with Crippen molar-refractivity contribution in [3.8, 4) is 5.75 Å². The van der Waals surface area contributed by atoms with Crippen LogP contribution >= 0.6 is 23.2 Å². The van der Waals surface area contributed by atoms with Gasteiger partial charge in [-0.3, -0.25) is 0 Å². The number of aromatic nitrogens is 1. The number of halogens is 2. The highest BCUT2D eigenvalue weighted by Gasteiger charge is 2.07. The van der Waals surface area contributed by atoms with Gasteiger partial charge in [-0.2, -0.15) is 0 Å². The largest absolute Gasteiger partial charge is 0.492 e. The van der Waals surface area contributed by atoms with E-state index in [1.165, 1.54) is 5.56 Å². The van der Waals surface area contributed by atoms with E-state index in [0.29, 0.717) is 34.8 Å². The lowest BCUT2D eigenvalue weighted by Gasteiger charge is -2.11. The topological polar surface area (TPSA) is 46.2 Å². The van der Waals surface area contributed by atoms with Crippen LogP contribution in [-0.2, 0) is 0 Å². The molecule has 0 fully saturated rings. The van der Waals surface area contributed by atoms with E-state index in [9.17, 15) is 0 Å². The Balaban J connectivity index is 1.89. The molecular weight excluding hydrogens is 309 g/mol. The standard InChI is InChI=1S/C15H17Cl2N3O/c1-10-4-3-5-11(8-10)21-7-6-19-15-13(17)9-12(16)14(18-2)20-15/h3-5,8-9H,6-7H2,1-2H3,(H2,18,19,20). The first-order valence-electron chi connectivity index (χ1n) is 6.57. The number of rotatable bonds is 6. The van der Waals surface area contributed by atoms with E-state index in [1.807, 2.05) is 31.2 Å². The molecule has 0 saturated heterocycles. The second-order valence-electron chi connectivity index (χ2n) is 4.49. The number of aryl methyl sites for hydroxylation is 1. The van der Waals surface area contributed by atoms with E-state index in [-0.39, 0.29) is 0 Å². The molecule has 2 aromatic rings. The molecule has 1 heterocycles. The number of hydrogen-bond donors (Lipinski definition) is 2. The molecule has 0 radical (unpaired) electrons. The molecule has 2 N–H and O–H groups in total. The van der Waals surface area contributed by atoms with Crippen LogP contribution in [0.25, 0.3) is 0 Å². The second-order valence-corrected chi connectivity index (χ2v) is 5.31. The Morgan fingerprint density at radius 1 is 1.14 bits per heavy atom. The van der Waals surface area contributed by atoms with E-state index in [2.05, 4.69) is 15.6 Å². The third-order valence-electron chi connectivity index (χ3n) is 2.82. The van der Waals surface area contributed by atoms with Gasteiger partial charge in [-0.15, -0.1) is 0 Å². The predicted molar refractivity (Wildman–Crippen MR) is 89.0 cm³/mol. The number of pyridine rings is 1. The highest BCUT2D eigenvalue weighted by atomic mass is 35.5. The summed E-state index contributed by atoms with van der Waals surface area (Å²) in [5.74, 6) is 2.02. The molecule has 0 aliphatic heterocycles. The lowest BCUT2D eigenvalue weighted by Crippen LogP contribution is -2.13. The zero-order chi connectivity index (χ0) is 15.2. The summed E-state index contributed by atoms with van der Waals surface area (Å²) < 4.78 is 5.65. The number of anilines is 2. The average Bonchev–Trinajstić information content (AvgIpc) is 2.45. The quantitative estimate of drug-likeness (QED) is 0.780. The molecule has 0 atom stereocenters. The van der Waals surface area contributed by atoms with Crippen LogP contribution < -0.4 is 15.4 Å². The molecule has 0 unspecified atom stereocenters. The highest BCUT2D eigenvalue weighted by molar-refractivity contribution is 6.37. The summed E-state index contributed by atoms with van der Waals surface area (Å²) >= 11 is 12.1. The fraction of sp³-hybridized carbons (Fsp3) is 0.267. The van der Waals surface area contributed by atoms with Crippen molar-refractivity contribution in [1.82, 2.24) is 4.98 Å². The Hall–Kier alpha value is -1.65. The fourth-order valence-electron chi connectivity index (χ4n) is 1.81. The van der Waals surface area contributed by atoms with Crippen molar-refractivity contribution in [3.05, 3.63) is 45.9 Å². The molecule has 0 saturated carbocycles. The van der Waals surface area contributed by atoms with Gasteiger partial charge < -0.3 is 15.4 Å². The fourth-order valence-corrected chi connectivity index (χ4v) is 2.33. The van der Waals surface area contributed by atoms with Crippen LogP contribution in [0.3, 0.4) is 0 Å². The van der Waals surface area contributed by atoms with Gasteiger partial charge in [-0.25, -0.2) is 4.98 Å². The lowest BCUT2D eigenvalue weighted by atomic mass is 10.2. The van der Waals surface area contributed by atoms with Crippen molar-refractivity contribution < 1.29 is 4.74 Å². The van der Waals surface area contributed by atoms with Gasteiger partial charge in [-0.05, 0) is 30.7 Å². The van der Waals surface area contributed by atoms with Crippen molar-refractivity contribution in [3.63, 3.8) is 0 Å². The van der Waals surface area contributed by atoms with E-state index in [4.69, 9.17) is 27.9 Å². The third-order valence-corrected chi connectivity index (χ3v) is 3.40. The van der Waals surface area contributed by atoms with Crippen molar-refractivity contribution in [1.29, 1.82) is 0 Å². The maximum atomic E-state index is 6.10. The molecule has 2 rings (SSSR count). The summed E-state index contributed by atoms with van der Waals surface area (Å²) in [7, 11) is 1.76. The van der Waals surface area contributed by atoms with Crippen LogP contribution in [0.15, 0.2) is 30.3 Å². The molecule has 112 valence electrons. The van der Waals surface area contributed by atoms with Gasteiger partial charge in [0.15, 0.2) is 0 Å². The van der Waals surface area contributed by atoms with Crippen LogP contribution in [0.5, 0.6) is 5.75 Å². The molecule has 0 spiro atoms. The average molecular weight is 326 g/mol. The smallest absolute Gasteiger partial charge is 0.147 e. The maximum Gasteiger partial charge on any atom is 0.147 e. The first-order chi connectivity index (χ1) is 10.1. The minimum absolute atomic E-state index is 0.481. The molecule has 0 bridgehead atoms. The van der Waals surface area contributed by atoms with Crippen molar-refractivity contribution in [2.24, 2.45) is 0 Å². The van der Waals surface area contributed by atoms with Crippen molar-refractivity contribution in [2.75, 3.05) is 30.8 Å². The van der Waals surface area contributed by atoms with Gasteiger partial charge in [0.25, 0.3) is 0 Å². The van der Waals surface area contributed by atoms with Gasteiger partial charge in [0.2, 0.25) is 0 Å². The number of benzene rings is 1. The molecule has 4 nitrogen and oxygen atoms in total. The number of nitrogens with zero attached hydrogens (tertiary/aromatic N) is 1. The van der Waals surface area contributed by atoms with Crippen molar-refractivity contribution in [2.45, 2.75) is 6.92 Å². The number of hydrogen-bond acceptors (Lipinski definition) is 4. The lowest BCUT2D eigenvalue weighted by molar-refractivity contribution is 0.332. The van der Waals surface area contributed by atoms with E-state index < -0.39 is 0 Å². The monoisotopic (exact) mass is 325 g/mol. The highest BCUT2D eigenvalue weighted by Crippen LogP contribution is 2.28. The summed E-state index contributed by atoms with van der Waals surface area (Å²) in [5.41, 5.74) is 1.17. The van der Waals surface area contributed by atoms with Crippen molar-refractivity contribution >= 4 is 34.8 Å². The summed E-state index contributed by atoms with van der Waals surface area (Å²) in [5, 5.41) is 7.02. The SMILES string of the molecule is CNc1nc(NCCOc2cccc(C)c2)c(Cl)cc1Cl. The molecular formula is C15H17Cl2N3O. The first kappa shape index (κ1) is 15.7. The van der Waals surface area contributed by atoms with Gasteiger partial charge in [0.1, 0.15) is 24.0 Å². The predicted octanol–water partition coefficient (Wildman–Crippen LogP) is 4.23. The first-order valence-corrected chi connectivity index (χ1v) is 7.33. The molecule has 0 amide bonds. The second kappa shape index (κ2) is 7.38. The molecule has 21 heavy (non-hydrogen) atoms. The Morgan fingerprint density at radius 2 is 1.90 bits per heavy atom. The van der Waals surface area contributed by atoms with E-state index in [0.717, 1.165) is 5.75 Å². The third kappa shape index (κ3) is 4.41. The Bertz CT molecular complexity index is 620.